The van der Waals surface area contributed by atoms with Crippen LogP contribution in [0.15, 0.2) is 48.0 Å². The molecule has 3 heterocycles. The molecule has 0 saturated carbocycles. The number of hydrogen-bond acceptors (Lipinski definition) is 7. The van der Waals surface area contributed by atoms with Crippen molar-refractivity contribution in [2.75, 3.05) is 26.6 Å². The zero-order chi connectivity index (χ0) is 19.5. The number of hydrogen-bond donors (Lipinski definition) is 1. The molecule has 0 spiro atoms. The van der Waals surface area contributed by atoms with Gasteiger partial charge in [0, 0.05) is 6.54 Å². The van der Waals surface area contributed by atoms with Gasteiger partial charge in [-0.25, -0.2) is 9.50 Å². The van der Waals surface area contributed by atoms with E-state index in [-0.39, 0.29) is 0 Å². The van der Waals surface area contributed by atoms with Crippen molar-refractivity contribution in [3.8, 4) is 27.8 Å². The molecule has 0 fully saturated rings. The first-order valence-electron chi connectivity index (χ1n) is 8.65. The molecular formula is C20H20N4O3S. The van der Waals surface area contributed by atoms with E-state index < -0.39 is 0 Å². The number of methoxy groups -OCH3 is 3. The summed E-state index contributed by atoms with van der Waals surface area (Å²) >= 11 is 1.66. The van der Waals surface area contributed by atoms with Crippen molar-refractivity contribution in [2.24, 2.45) is 0 Å². The van der Waals surface area contributed by atoms with E-state index in [1.807, 2.05) is 46.4 Å². The number of benzene rings is 1. The number of nitrogens with zero attached hydrogens (tertiary/aromatic N) is 3. The van der Waals surface area contributed by atoms with Crippen LogP contribution in [0, 0.1) is 0 Å². The Labute approximate surface area is 166 Å². The molecule has 0 amide bonds. The van der Waals surface area contributed by atoms with Gasteiger partial charge in [-0.2, -0.15) is 0 Å². The van der Waals surface area contributed by atoms with Crippen LogP contribution in [0.3, 0.4) is 0 Å². The van der Waals surface area contributed by atoms with Gasteiger partial charge in [-0.3, -0.25) is 0 Å². The number of fused-ring (bicyclic) bond motifs is 1. The van der Waals surface area contributed by atoms with E-state index in [0.717, 1.165) is 27.6 Å². The second-order valence-electron chi connectivity index (χ2n) is 6.00. The van der Waals surface area contributed by atoms with Crippen molar-refractivity contribution >= 4 is 22.8 Å². The van der Waals surface area contributed by atoms with Crippen molar-refractivity contribution in [1.29, 1.82) is 0 Å². The third kappa shape index (κ3) is 3.34. The fraction of sp³-hybridized carbons (Fsp3) is 0.200. The summed E-state index contributed by atoms with van der Waals surface area (Å²) in [6.45, 7) is 0.554. The molecule has 4 aromatic rings. The molecule has 144 valence electrons. The monoisotopic (exact) mass is 396 g/mol. The Morgan fingerprint density at radius 2 is 1.82 bits per heavy atom. The Hall–Kier alpha value is -3.26. The van der Waals surface area contributed by atoms with Crippen LogP contribution in [0.25, 0.3) is 16.2 Å². The Balaban J connectivity index is 1.60. The minimum Gasteiger partial charge on any atom is -0.493 e. The summed E-state index contributed by atoms with van der Waals surface area (Å²) in [6.07, 6.45) is 1.84. The predicted molar refractivity (Wildman–Crippen MR) is 110 cm³/mol. The molecule has 8 heteroatoms. The van der Waals surface area contributed by atoms with Gasteiger partial charge in [-0.15, -0.1) is 16.4 Å². The molecular weight excluding hydrogens is 376 g/mol. The lowest BCUT2D eigenvalue weighted by Crippen LogP contribution is -2.05. The maximum absolute atomic E-state index is 5.42. The van der Waals surface area contributed by atoms with Gasteiger partial charge in [0.1, 0.15) is 11.5 Å². The molecule has 7 nitrogen and oxygen atoms in total. The van der Waals surface area contributed by atoms with E-state index in [0.29, 0.717) is 23.8 Å². The Morgan fingerprint density at radius 3 is 2.46 bits per heavy atom. The van der Waals surface area contributed by atoms with Gasteiger partial charge in [-0.05, 0) is 41.3 Å². The number of aromatic nitrogens is 3. The van der Waals surface area contributed by atoms with Crippen LogP contribution in [0.1, 0.15) is 5.56 Å². The lowest BCUT2D eigenvalue weighted by molar-refractivity contribution is 0.324. The number of imidazole rings is 1. The number of anilines is 1. The van der Waals surface area contributed by atoms with Crippen molar-refractivity contribution in [1.82, 2.24) is 14.6 Å². The lowest BCUT2D eigenvalue weighted by Gasteiger charge is -2.14. The van der Waals surface area contributed by atoms with E-state index >= 15 is 0 Å². The van der Waals surface area contributed by atoms with E-state index in [1.54, 1.807) is 32.7 Å². The topological polar surface area (TPSA) is 69.9 Å². The van der Waals surface area contributed by atoms with E-state index in [2.05, 4.69) is 21.5 Å². The largest absolute Gasteiger partial charge is 0.493 e. The molecule has 1 N–H and O–H groups in total. The minimum absolute atomic E-state index is 0.554. The molecule has 0 aliphatic rings. The lowest BCUT2D eigenvalue weighted by atomic mass is 10.1. The zero-order valence-corrected chi connectivity index (χ0v) is 16.6. The average molecular weight is 396 g/mol. The van der Waals surface area contributed by atoms with Crippen LogP contribution in [0.2, 0.25) is 0 Å². The molecule has 0 aliphatic heterocycles. The fourth-order valence-corrected chi connectivity index (χ4v) is 3.71. The molecule has 0 aliphatic carbocycles. The fourth-order valence-electron chi connectivity index (χ4n) is 2.99. The number of ether oxygens (including phenoxy) is 3. The highest BCUT2D eigenvalue weighted by Gasteiger charge is 2.13. The summed E-state index contributed by atoms with van der Waals surface area (Å²) in [5, 5.41) is 10.1. The van der Waals surface area contributed by atoms with Crippen molar-refractivity contribution in [2.45, 2.75) is 6.54 Å². The molecule has 0 radical (unpaired) electrons. The van der Waals surface area contributed by atoms with Crippen molar-refractivity contribution in [3.05, 3.63) is 53.5 Å². The maximum atomic E-state index is 5.42. The highest BCUT2D eigenvalue weighted by molar-refractivity contribution is 7.13. The SMILES string of the molecule is COc1cc(CNc2ccc3ncc(-c4cccs4)n3n2)cc(OC)c1OC. The molecule has 0 atom stereocenters. The zero-order valence-electron chi connectivity index (χ0n) is 15.8. The van der Waals surface area contributed by atoms with Gasteiger partial charge in [0.05, 0.1) is 32.4 Å². The van der Waals surface area contributed by atoms with Crippen LogP contribution < -0.4 is 19.5 Å². The van der Waals surface area contributed by atoms with E-state index in [4.69, 9.17) is 14.2 Å². The minimum atomic E-state index is 0.554. The standard InChI is InChI=1S/C20H20N4O3S/c1-25-15-9-13(10-16(26-2)20(15)27-3)11-21-18-6-7-19-22-12-14(24(19)23-18)17-5-4-8-28-17/h4-10,12H,11H2,1-3H3,(H,21,23). The summed E-state index contributed by atoms with van der Waals surface area (Å²) in [5.41, 5.74) is 2.77. The van der Waals surface area contributed by atoms with Gasteiger partial charge in [0.2, 0.25) is 5.75 Å². The van der Waals surface area contributed by atoms with Gasteiger partial charge >= 0.3 is 0 Å². The third-order valence-corrected chi connectivity index (χ3v) is 5.23. The smallest absolute Gasteiger partial charge is 0.203 e. The second-order valence-corrected chi connectivity index (χ2v) is 6.94. The highest BCUT2D eigenvalue weighted by atomic mass is 32.1. The highest BCUT2D eigenvalue weighted by Crippen LogP contribution is 2.38. The first kappa shape index (κ1) is 18.1. The summed E-state index contributed by atoms with van der Waals surface area (Å²) in [5.74, 6) is 2.57. The molecule has 0 saturated heterocycles. The Morgan fingerprint density at radius 1 is 1.04 bits per heavy atom. The summed E-state index contributed by atoms with van der Waals surface area (Å²) in [4.78, 5) is 5.56. The first-order valence-corrected chi connectivity index (χ1v) is 9.53. The van der Waals surface area contributed by atoms with Crippen LogP contribution in [-0.4, -0.2) is 35.9 Å². The van der Waals surface area contributed by atoms with Crippen LogP contribution in [0.4, 0.5) is 5.82 Å². The Kier molecular flexibility index (Phi) is 5.03. The number of rotatable bonds is 7. The van der Waals surface area contributed by atoms with E-state index in [1.165, 1.54) is 0 Å². The molecule has 3 aromatic heterocycles. The van der Waals surface area contributed by atoms with Crippen molar-refractivity contribution < 1.29 is 14.2 Å². The molecule has 28 heavy (non-hydrogen) atoms. The third-order valence-electron chi connectivity index (χ3n) is 4.33. The summed E-state index contributed by atoms with van der Waals surface area (Å²) in [7, 11) is 4.80. The average Bonchev–Trinajstić information content (AvgIpc) is 3.40. The van der Waals surface area contributed by atoms with Gasteiger partial charge in [0.15, 0.2) is 17.1 Å². The van der Waals surface area contributed by atoms with Gasteiger partial charge in [-0.1, -0.05) is 6.07 Å². The quantitative estimate of drug-likeness (QED) is 0.507. The number of thiophene rings is 1. The normalized spacial score (nSPS) is 10.8. The van der Waals surface area contributed by atoms with Gasteiger partial charge < -0.3 is 19.5 Å². The van der Waals surface area contributed by atoms with Gasteiger partial charge in [0.25, 0.3) is 0 Å². The van der Waals surface area contributed by atoms with Crippen LogP contribution >= 0.6 is 11.3 Å². The maximum Gasteiger partial charge on any atom is 0.203 e. The predicted octanol–water partition coefficient (Wildman–Crippen LogP) is 4.10. The Bertz CT molecular complexity index is 1070. The summed E-state index contributed by atoms with van der Waals surface area (Å²) < 4.78 is 18.1. The molecule has 1 aromatic carbocycles. The molecule has 0 unspecified atom stereocenters. The van der Waals surface area contributed by atoms with Crippen LogP contribution in [-0.2, 0) is 6.54 Å². The number of nitrogens with one attached hydrogen (secondary N) is 1. The molecule has 4 rings (SSSR count). The van der Waals surface area contributed by atoms with Crippen LogP contribution in [0.5, 0.6) is 17.2 Å². The molecule has 0 bridgehead atoms. The van der Waals surface area contributed by atoms with Crippen molar-refractivity contribution in [3.63, 3.8) is 0 Å². The second kappa shape index (κ2) is 7.77. The first-order chi connectivity index (χ1) is 13.7. The van der Waals surface area contributed by atoms with E-state index in [9.17, 15) is 0 Å². The summed E-state index contributed by atoms with van der Waals surface area (Å²) in [6, 6.07) is 11.8.